The maximum atomic E-state index is 5.81. The summed E-state index contributed by atoms with van der Waals surface area (Å²) in [4.78, 5) is 4.26. The van der Waals surface area contributed by atoms with Gasteiger partial charge in [0.1, 0.15) is 0 Å². The maximum Gasteiger partial charge on any atom is 0.165 e. The van der Waals surface area contributed by atoms with Crippen LogP contribution in [0.2, 0.25) is 0 Å². The molecule has 0 unspecified atom stereocenters. The first-order valence-corrected chi connectivity index (χ1v) is 6.24. The molecule has 0 aliphatic heterocycles. The quantitative estimate of drug-likeness (QED) is 0.862. The van der Waals surface area contributed by atoms with E-state index in [0.29, 0.717) is 18.9 Å². The van der Waals surface area contributed by atoms with Crippen molar-refractivity contribution in [2.45, 2.75) is 13.0 Å². The molecule has 0 saturated heterocycles. The molecule has 0 radical (unpaired) electrons. The molecule has 0 bridgehead atoms. The van der Waals surface area contributed by atoms with E-state index in [9.17, 15) is 0 Å². The average molecular weight is 258 g/mol. The largest absolute Gasteiger partial charge is 0.493 e. The standard InChI is InChI=1S/C15H18N2O2/c1-18-14-7-4-5-12(11-16)15(14)19-10-8-13-6-2-3-9-17-13/h2-7,9H,8,10-11,16H2,1H3. The smallest absolute Gasteiger partial charge is 0.165 e. The Morgan fingerprint density at radius 1 is 1.16 bits per heavy atom. The summed E-state index contributed by atoms with van der Waals surface area (Å²) in [6, 6.07) is 11.6. The number of hydrogen-bond donors (Lipinski definition) is 1. The summed E-state index contributed by atoms with van der Waals surface area (Å²) in [6.45, 7) is 0.973. The van der Waals surface area contributed by atoms with Gasteiger partial charge in [0.25, 0.3) is 0 Å². The van der Waals surface area contributed by atoms with Crippen LogP contribution in [0.15, 0.2) is 42.6 Å². The molecule has 0 aliphatic carbocycles. The molecule has 0 spiro atoms. The van der Waals surface area contributed by atoms with Crippen molar-refractivity contribution in [2.75, 3.05) is 13.7 Å². The summed E-state index contributed by atoms with van der Waals surface area (Å²) in [5.41, 5.74) is 7.66. The average Bonchev–Trinajstić information content (AvgIpc) is 2.48. The van der Waals surface area contributed by atoms with Crippen molar-refractivity contribution < 1.29 is 9.47 Å². The van der Waals surface area contributed by atoms with Crippen LogP contribution in [0.4, 0.5) is 0 Å². The fourth-order valence-corrected chi connectivity index (χ4v) is 1.85. The van der Waals surface area contributed by atoms with Crippen LogP contribution in [0, 0.1) is 0 Å². The third-order valence-corrected chi connectivity index (χ3v) is 2.83. The number of pyridine rings is 1. The van der Waals surface area contributed by atoms with Crippen LogP contribution in [0.5, 0.6) is 11.5 Å². The molecule has 4 heteroatoms. The van der Waals surface area contributed by atoms with Crippen LogP contribution in [0.1, 0.15) is 11.3 Å². The first-order chi connectivity index (χ1) is 9.35. The number of hydrogen-bond acceptors (Lipinski definition) is 4. The number of methoxy groups -OCH3 is 1. The van der Waals surface area contributed by atoms with Crippen LogP contribution >= 0.6 is 0 Å². The highest BCUT2D eigenvalue weighted by atomic mass is 16.5. The van der Waals surface area contributed by atoms with Crippen molar-refractivity contribution in [3.8, 4) is 11.5 Å². The van der Waals surface area contributed by atoms with Gasteiger partial charge in [-0.25, -0.2) is 0 Å². The Morgan fingerprint density at radius 3 is 2.74 bits per heavy atom. The molecule has 1 aromatic heterocycles. The molecule has 0 aliphatic rings. The lowest BCUT2D eigenvalue weighted by Gasteiger charge is -2.14. The normalized spacial score (nSPS) is 10.2. The molecule has 1 heterocycles. The van der Waals surface area contributed by atoms with Gasteiger partial charge in [-0.05, 0) is 18.2 Å². The van der Waals surface area contributed by atoms with Gasteiger partial charge in [0.05, 0.1) is 13.7 Å². The van der Waals surface area contributed by atoms with E-state index < -0.39 is 0 Å². The molecule has 1 aromatic carbocycles. The van der Waals surface area contributed by atoms with Gasteiger partial charge in [-0.3, -0.25) is 4.98 Å². The highest BCUT2D eigenvalue weighted by molar-refractivity contribution is 5.46. The second-order valence-electron chi connectivity index (χ2n) is 4.07. The van der Waals surface area contributed by atoms with E-state index in [1.807, 2.05) is 36.4 Å². The van der Waals surface area contributed by atoms with Crippen molar-refractivity contribution in [3.05, 3.63) is 53.9 Å². The monoisotopic (exact) mass is 258 g/mol. The Balaban J connectivity index is 2.02. The van der Waals surface area contributed by atoms with E-state index in [1.54, 1.807) is 13.3 Å². The zero-order valence-electron chi connectivity index (χ0n) is 11.0. The van der Waals surface area contributed by atoms with Crippen LogP contribution in [0.3, 0.4) is 0 Å². The minimum atomic E-state index is 0.427. The molecule has 2 N–H and O–H groups in total. The second-order valence-corrected chi connectivity index (χ2v) is 4.07. The SMILES string of the molecule is COc1cccc(CN)c1OCCc1ccccn1. The molecule has 2 rings (SSSR count). The number of nitrogens with zero attached hydrogens (tertiary/aromatic N) is 1. The topological polar surface area (TPSA) is 57.4 Å². The molecule has 4 nitrogen and oxygen atoms in total. The van der Waals surface area contributed by atoms with Gasteiger partial charge in [0.15, 0.2) is 11.5 Å². The fourth-order valence-electron chi connectivity index (χ4n) is 1.85. The number of rotatable bonds is 6. The van der Waals surface area contributed by atoms with Crippen molar-refractivity contribution in [1.29, 1.82) is 0 Å². The molecule has 0 saturated carbocycles. The van der Waals surface area contributed by atoms with Crippen molar-refractivity contribution in [2.24, 2.45) is 5.73 Å². The summed E-state index contributed by atoms with van der Waals surface area (Å²) in [6.07, 6.45) is 2.53. The first-order valence-electron chi connectivity index (χ1n) is 6.24. The Labute approximate surface area is 113 Å². The fraction of sp³-hybridized carbons (Fsp3) is 0.267. The zero-order chi connectivity index (χ0) is 13.5. The van der Waals surface area contributed by atoms with Crippen LogP contribution < -0.4 is 15.2 Å². The molecule has 0 amide bonds. The summed E-state index contributed by atoms with van der Waals surface area (Å²) < 4.78 is 11.1. The van der Waals surface area contributed by atoms with Crippen LogP contribution in [0.25, 0.3) is 0 Å². The number of nitrogens with two attached hydrogens (primary N) is 1. The summed E-state index contributed by atoms with van der Waals surface area (Å²) in [5.74, 6) is 1.44. The summed E-state index contributed by atoms with van der Waals surface area (Å²) in [7, 11) is 1.63. The van der Waals surface area contributed by atoms with Crippen molar-refractivity contribution in [1.82, 2.24) is 4.98 Å². The summed E-state index contributed by atoms with van der Waals surface area (Å²) >= 11 is 0. The highest BCUT2D eigenvalue weighted by Crippen LogP contribution is 2.30. The van der Waals surface area contributed by atoms with E-state index in [4.69, 9.17) is 15.2 Å². The third-order valence-electron chi connectivity index (χ3n) is 2.83. The molecular formula is C15H18N2O2. The number of benzene rings is 1. The van der Waals surface area contributed by atoms with Crippen LogP contribution in [-0.4, -0.2) is 18.7 Å². The van der Waals surface area contributed by atoms with Gasteiger partial charge in [0, 0.05) is 30.4 Å². The van der Waals surface area contributed by atoms with E-state index in [-0.39, 0.29) is 0 Å². The van der Waals surface area contributed by atoms with Gasteiger partial charge in [0.2, 0.25) is 0 Å². The predicted octanol–water partition coefficient (Wildman–Crippen LogP) is 2.17. The third kappa shape index (κ3) is 3.45. The van der Waals surface area contributed by atoms with E-state index >= 15 is 0 Å². The molecule has 19 heavy (non-hydrogen) atoms. The lowest BCUT2D eigenvalue weighted by molar-refractivity contribution is 0.293. The van der Waals surface area contributed by atoms with Gasteiger partial charge >= 0.3 is 0 Å². The number of para-hydroxylation sites is 1. The van der Waals surface area contributed by atoms with Gasteiger partial charge in [-0.15, -0.1) is 0 Å². The lowest BCUT2D eigenvalue weighted by Crippen LogP contribution is -2.07. The molecular weight excluding hydrogens is 240 g/mol. The summed E-state index contributed by atoms with van der Waals surface area (Å²) in [5, 5.41) is 0. The van der Waals surface area contributed by atoms with E-state index in [1.165, 1.54) is 0 Å². The zero-order valence-corrected chi connectivity index (χ0v) is 11.0. The Morgan fingerprint density at radius 2 is 2.05 bits per heavy atom. The Hall–Kier alpha value is -2.07. The highest BCUT2D eigenvalue weighted by Gasteiger charge is 2.09. The molecule has 100 valence electrons. The van der Waals surface area contributed by atoms with Gasteiger partial charge in [-0.2, -0.15) is 0 Å². The molecule has 2 aromatic rings. The van der Waals surface area contributed by atoms with E-state index in [0.717, 1.165) is 23.4 Å². The Kier molecular flexibility index (Phi) is 4.75. The first kappa shape index (κ1) is 13.4. The van der Waals surface area contributed by atoms with E-state index in [2.05, 4.69) is 4.98 Å². The van der Waals surface area contributed by atoms with Gasteiger partial charge in [-0.1, -0.05) is 18.2 Å². The minimum Gasteiger partial charge on any atom is -0.493 e. The number of aromatic nitrogens is 1. The Bertz CT molecular complexity index is 493. The minimum absolute atomic E-state index is 0.427. The molecule has 0 fully saturated rings. The van der Waals surface area contributed by atoms with Crippen molar-refractivity contribution >= 4 is 0 Å². The maximum absolute atomic E-state index is 5.81. The second kappa shape index (κ2) is 6.75. The van der Waals surface area contributed by atoms with Crippen molar-refractivity contribution in [3.63, 3.8) is 0 Å². The molecule has 0 atom stereocenters. The predicted molar refractivity (Wildman–Crippen MR) is 74.3 cm³/mol. The lowest BCUT2D eigenvalue weighted by atomic mass is 10.2. The van der Waals surface area contributed by atoms with Gasteiger partial charge < -0.3 is 15.2 Å². The number of ether oxygens (including phenoxy) is 2. The van der Waals surface area contributed by atoms with Crippen LogP contribution in [-0.2, 0) is 13.0 Å².